The fraction of sp³-hybridized carbons (Fsp3) is 0.615. The Morgan fingerprint density at radius 1 is 0.920 bits per heavy atom. The molecule has 0 spiro atoms. The summed E-state index contributed by atoms with van der Waals surface area (Å²) < 4.78 is 0. The van der Waals surface area contributed by atoms with Crippen LogP contribution in [0.15, 0.2) is 0 Å². The van der Waals surface area contributed by atoms with Crippen LogP contribution in [-0.2, 0) is 24.0 Å². The zero-order valence-electron chi connectivity index (χ0n) is 13.3. The number of carbonyl (C=O) groups is 5. The molecule has 0 unspecified atom stereocenters. The molecule has 3 amide bonds. The topological polar surface area (TPSA) is 202 Å². The van der Waals surface area contributed by atoms with Gasteiger partial charge in [0.05, 0.1) is 6.04 Å². The molecule has 0 radical (unpaired) electrons. The van der Waals surface area contributed by atoms with Crippen molar-refractivity contribution < 1.29 is 34.2 Å². The first kappa shape index (κ1) is 22.7. The molecule has 0 rings (SSSR count). The Kier molecular flexibility index (Phi) is 10.2. The molecule has 0 aliphatic rings. The highest BCUT2D eigenvalue weighted by atomic mass is 32.1. The number of primary amides is 1. The van der Waals surface area contributed by atoms with Gasteiger partial charge in [-0.05, 0) is 12.8 Å². The normalized spacial score (nSPS) is 14.0. The summed E-state index contributed by atoms with van der Waals surface area (Å²) in [5.74, 6) is -4.96. The van der Waals surface area contributed by atoms with Crippen LogP contribution in [0.4, 0.5) is 0 Å². The van der Waals surface area contributed by atoms with Gasteiger partial charge in [-0.2, -0.15) is 12.6 Å². The highest BCUT2D eigenvalue weighted by Crippen LogP contribution is 2.03. The molecule has 3 atom stereocenters. The predicted octanol–water partition coefficient (Wildman–Crippen LogP) is -2.57. The van der Waals surface area contributed by atoms with Crippen molar-refractivity contribution in [3.63, 3.8) is 0 Å². The molecular formula is C13H22N4O7S. The molecule has 0 aliphatic carbocycles. The molecular weight excluding hydrogens is 356 g/mol. The van der Waals surface area contributed by atoms with Gasteiger partial charge in [-0.1, -0.05) is 0 Å². The number of hydrogen-bond acceptors (Lipinski definition) is 7. The van der Waals surface area contributed by atoms with Gasteiger partial charge in [0, 0.05) is 18.6 Å². The van der Waals surface area contributed by atoms with E-state index < -0.39 is 54.2 Å². The van der Waals surface area contributed by atoms with E-state index in [0.717, 1.165) is 0 Å². The number of rotatable bonds is 12. The lowest BCUT2D eigenvalue weighted by Crippen LogP contribution is -2.55. The smallest absolute Gasteiger partial charge is 0.326 e. The molecule has 12 heteroatoms. The van der Waals surface area contributed by atoms with Gasteiger partial charge in [0.15, 0.2) is 0 Å². The molecule has 0 aromatic rings. The van der Waals surface area contributed by atoms with Crippen LogP contribution in [0.25, 0.3) is 0 Å². The lowest BCUT2D eigenvalue weighted by molar-refractivity contribution is -0.143. The summed E-state index contributed by atoms with van der Waals surface area (Å²) in [5, 5.41) is 22.1. The predicted molar refractivity (Wildman–Crippen MR) is 88.6 cm³/mol. The van der Waals surface area contributed by atoms with Crippen LogP contribution < -0.4 is 22.1 Å². The highest BCUT2D eigenvalue weighted by molar-refractivity contribution is 7.80. The van der Waals surface area contributed by atoms with Gasteiger partial charge in [-0.3, -0.25) is 19.2 Å². The van der Waals surface area contributed by atoms with Crippen LogP contribution in [-0.4, -0.2) is 63.8 Å². The molecule has 0 saturated heterocycles. The molecule has 0 fully saturated rings. The number of carboxylic acids is 2. The summed E-state index contributed by atoms with van der Waals surface area (Å²) in [6.45, 7) is 0. The van der Waals surface area contributed by atoms with Crippen LogP contribution in [0.5, 0.6) is 0 Å². The minimum atomic E-state index is -1.46. The lowest BCUT2D eigenvalue weighted by atomic mass is 10.1. The lowest BCUT2D eigenvalue weighted by Gasteiger charge is -2.22. The number of nitrogens with two attached hydrogens (primary N) is 2. The first-order valence-corrected chi connectivity index (χ1v) is 7.91. The maximum atomic E-state index is 12.2. The molecule has 8 N–H and O–H groups in total. The zero-order chi connectivity index (χ0) is 19.6. The van der Waals surface area contributed by atoms with E-state index in [0.29, 0.717) is 0 Å². The Balaban J connectivity index is 5.02. The van der Waals surface area contributed by atoms with Crippen molar-refractivity contribution in [3.05, 3.63) is 0 Å². The number of aliphatic carboxylic acids is 2. The van der Waals surface area contributed by atoms with Crippen molar-refractivity contribution in [1.82, 2.24) is 10.6 Å². The summed E-state index contributed by atoms with van der Waals surface area (Å²) in [4.78, 5) is 56.6. The quantitative estimate of drug-likeness (QED) is 0.179. The van der Waals surface area contributed by atoms with Crippen LogP contribution in [0.3, 0.4) is 0 Å². The molecule has 0 aliphatic heterocycles. The van der Waals surface area contributed by atoms with E-state index in [1.54, 1.807) is 0 Å². The SMILES string of the molecule is NC(=O)CC[C@H](NC(=O)[C@@H](N)CS)C(=O)N[C@@H](CCC(=O)O)C(=O)O. The summed E-state index contributed by atoms with van der Waals surface area (Å²) in [6, 6.07) is -3.72. The summed E-state index contributed by atoms with van der Waals surface area (Å²) in [7, 11) is 0. The molecule has 0 bridgehead atoms. The maximum Gasteiger partial charge on any atom is 0.326 e. The molecule has 0 saturated carbocycles. The average Bonchev–Trinajstić information content (AvgIpc) is 2.53. The first-order valence-electron chi connectivity index (χ1n) is 7.28. The third-order valence-electron chi connectivity index (χ3n) is 3.11. The average molecular weight is 378 g/mol. The van der Waals surface area contributed by atoms with Crippen LogP contribution in [0.2, 0.25) is 0 Å². The van der Waals surface area contributed by atoms with Crippen LogP contribution in [0.1, 0.15) is 25.7 Å². The van der Waals surface area contributed by atoms with Gasteiger partial charge in [0.2, 0.25) is 17.7 Å². The van der Waals surface area contributed by atoms with E-state index >= 15 is 0 Å². The molecule has 0 aromatic heterocycles. The number of thiol groups is 1. The van der Waals surface area contributed by atoms with E-state index in [9.17, 15) is 24.0 Å². The third-order valence-corrected chi connectivity index (χ3v) is 3.50. The number of carboxylic acid groups (broad SMARTS) is 2. The van der Waals surface area contributed by atoms with E-state index in [4.69, 9.17) is 21.7 Å². The largest absolute Gasteiger partial charge is 0.481 e. The van der Waals surface area contributed by atoms with Gasteiger partial charge in [-0.25, -0.2) is 4.79 Å². The van der Waals surface area contributed by atoms with E-state index in [-0.39, 0.29) is 25.0 Å². The van der Waals surface area contributed by atoms with Crippen molar-refractivity contribution in [2.24, 2.45) is 11.5 Å². The first-order chi connectivity index (χ1) is 11.6. The van der Waals surface area contributed by atoms with E-state index in [1.165, 1.54) is 0 Å². The Bertz CT molecular complexity index is 529. The number of carbonyl (C=O) groups excluding carboxylic acids is 3. The molecule has 142 valence electrons. The fourth-order valence-corrected chi connectivity index (χ4v) is 1.88. The van der Waals surface area contributed by atoms with Gasteiger partial charge < -0.3 is 32.3 Å². The highest BCUT2D eigenvalue weighted by Gasteiger charge is 2.28. The number of amides is 3. The van der Waals surface area contributed by atoms with Crippen molar-refractivity contribution in [1.29, 1.82) is 0 Å². The second-order valence-electron chi connectivity index (χ2n) is 5.19. The van der Waals surface area contributed by atoms with Crippen LogP contribution in [0, 0.1) is 0 Å². The van der Waals surface area contributed by atoms with Crippen molar-refractivity contribution in [2.45, 2.75) is 43.8 Å². The van der Waals surface area contributed by atoms with Crippen molar-refractivity contribution in [2.75, 3.05) is 5.75 Å². The van der Waals surface area contributed by atoms with Gasteiger partial charge in [0.1, 0.15) is 12.1 Å². The summed E-state index contributed by atoms with van der Waals surface area (Å²) >= 11 is 3.85. The minimum Gasteiger partial charge on any atom is -0.481 e. The van der Waals surface area contributed by atoms with Gasteiger partial charge in [0.25, 0.3) is 0 Å². The monoisotopic (exact) mass is 378 g/mol. The van der Waals surface area contributed by atoms with E-state index in [2.05, 4.69) is 23.3 Å². The Hall–Kier alpha value is -2.34. The molecule has 0 aromatic carbocycles. The Labute approximate surface area is 148 Å². The minimum absolute atomic E-state index is 0.00630. The second-order valence-corrected chi connectivity index (χ2v) is 5.55. The van der Waals surface area contributed by atoms with E-state index in [1.807, 2.05) is 0 Å². The molecule has 25 heavy (non-hydrogen) atoms. The van der Waals surface area contributed by atoms with Crippen molar-refractivity contribution in [3.8, 4) is 0 Å². The molecule has 0 heterocycles. The molecule has 11 nitrogen and oxygen atoms in total. The summed E-state index contributed by atoms with van der Waals surface area (Å²) in [6.07, 6.45) is -1.22. The Morgan fingerprint density at radius 3 is 1.88 bits per heavy atom. The third kappa shape index (κ3) is 9.52. The second kappa shape index (κ2) is 11.3. The fourth-order valence-electron chi connectivity index (χ4n) is 1.71. The number of nitrogens with one attached hydrogen (secondary N) is 2. The Morgan fingerprint density at radius 2 is 1.44 bits per heavy atom. The van der Waals surface area contributed by atoms with Crippen LogP contribution >= 0.6 is 12.6 Å². The maximum absolute atomic E-state index is 12.2. The van der Waals surface area contributed by atoms with Gasteiger partial charge in [-0.15, -0.1) is 0 Å². The van der Waals surface area contributed by atoms with Crippen molar-refractivity contribution >= 4 is 42.3 Å². The standard InChI is InChI=1S/C13H22N4O7S/c14-6(5-25)11(21)16-7(1-3-9(15)18)12(22)17-8(13(23)24)2-4-10(19)20/h6-8,25H,1-5,14H2,(H2,15,18)(H,16,21)(H,17,22)(H,19,20)(H,23,24)/t6-,7-,8-/m0/s1. The zero-order valence-corrected chi connectivity index (χ0v) is 14.2. The van der Waals surface area contributed by atoms with Gasteiger partial charge >= 0.3 is 11.9 Å². The number of hydrogen-bond donors (Lipinski definition) is 7. The summed E-state index contributed by atoms with van der Waals surface area (Å²) in [5.41, 5.74) is 10.5.